The number of amides is 3. The minimum Gasteiger partial charge on any atom is -0.463 e. The van der Waals surface area contributed by atoms with E-state index in [-0.39, 0.29) is 41.3 Å². The highest BCUT2D eigenvalue weighted by Crippen LogP contribution is 2.37. The number of rotatable bonds is 3. The van der Waals surface area contributed by atoms with Crippen LogP contribution in [0.2, 0.25) is 0 Å². The van der Waals surface area contributed by atoms with E-state index in [2.05, 4.69) is 10.2 Å². The largest absolute Gasteiger partial charge is 0.463 e. The third kappa shape index (κ3) is 2.43. The van der Waals surface area contributed by atoms with Crippen molar-refractivity contribution in [3.05, 3.63) is 42.3 Å². The summed E-state index contributed by atoms with van der Waals surface area (Å²) in [6.45, 7) is 0.707. The first-order valence-electron chi connectivity index (χ1n) is 9.04. The van der Waals surface area contributed by atoms with E-state index >= 15 is 0 Å². The van der Waals surface area contributed by atoms with Gasteiger partial charge in [-0.1, -0.05) is 12.2 Å². The average molecular weight is 366 g/mol. The van der Waals surface area contributed by atoms with Crippen molar-refractivity contribution in [2.24, 2.45) is 11.8 Å². The van der Waals surface area contributed by atoms with Crippen LogP contribution in [0.4, 0.5) is 0 Å². The second-order valence-corrected chi connectivity index (χ2v) is 7.21. The molecule has 0 saturated carbocycles. The maximum Gasteiger partial charge on any atom is 0.274 e. The first kappa shape index (κ1) is 16.0. The number of aromatic amines is 1. The van der Waals surface area contributed by atoms with Crippen molar-refractivity contribution in [1.29, 1.82) is 0 Å². The van der Waals surface area contributed by atoms with Gasteiger partial charge in [0.1, 0.15) is 5.69 Å². The molecular weight excluding hydrogens is 348 g/mol. The summed E-state index contributed by atoms with van der Waals surface area (Å²) < 4.78 is 5.29. The first-order valence-corrected chi connectivity index (χ1v) is 9.04. The van der Waals surface area contributed by atoms with Crippen LogP contribution < -0.4 is 0 Å². The number of H-pyrrole nitrogens is 1. The first-order chi connectivity index (χ1) is 13.1. The molecule has 2 atom stereocenters. The third-order valence-corrected chi connectivity index (χ3v) is 5.64. The molecule has 3 amide bonds. The van der Waals surface area contributed by atoms with Crippen molar-refractivity contribution in [1.82, 2.24) is 20.0 Å². The summed E-state index contributed by atoms with van der Waals surface area (Å²) in [6, 6.07) is 4.94. The Labute approximate surface area is 154 Å². The molecule has 2 saturated heterocycles. The number of carbonyl (C=O) groups excluding carboxylic acids is 3. The van der Waals surface area contributed by atoms with E-state index in [9.17, 15) is 14.4 Å². The van der Waals surface area contributed by atoms with Crippen LogP contribution in [-0.2, 0) is 9.59 Å². The van der Waals surface area contributed by atoms with Gasteiger partial charge in [-0.3, -0.25) is 24.4 Å². The second-order valence-electron chi connectivity index (χ2n) is 7.21. The van der Waals surface area contributed by atoms with Crippen LogP contribution in [0.25, 0.3) is 11.5 Å². The number of nitrogens with one attached hydrogen (secondary N) is 1. The van der Waals surface area contributed by atoms with Crippen LogP contribution in [0.5, 0.6) is 0 Å². The fraction of sp³-hybridized carbons (Fsp3) is 0.368. The van der Waals surface area contributed by atoms with Gasteiger partial charge in [-0.15, -0.1) is 0 Å². The molecule has 2 fully saturated rings. The minimum atomic E-state index is -0.233. The number of hydrogen-bond acceptors (Lipinski definition) is 5. The molecule has 27 heavy (non-hydrogen) atoms. The van der Waals surface area contributed by atoms with Gasteiger partial charge in [0.2, 0.25) is 11.8 Å². The van der Waals surface area contributed by atoms with Crippen LogP contribution in [0.3, 0.4) is 0 Å². The summed E-state index contributed by atoms with van der Waals surface area (Å²) in [5, 5.41) is 6.84. The van der Waals surface area contributed by atoms with Crippen LogP contribution in [0, 0.1) is 11.8 Å². The summed E-state index contributed by atoms with van der Waals surface area (Å²) in [5.41, 5.74) is 0.915. The maximum atomic E-state index is 12.6. The van der Waals surface area contributed by atoms with Gasteiger partial charge in [0, 0.05) is 19.2 Å². The Morgan fingerprint density at radius 1 is 1.15 bits per heavy atom. The van der Waals surface area contributed by atoms with Gasteiger partial charge in [-0.25, -0.2) is 0 Å². The number of aromatic nitrogens is 2. The SMILES string of the molecule is O=C(c1cc(-c2ccco2)[nH]n1)N1CC(N2C(=O)[C@H]3CC=CC[C@H]3C2=O)C1. The van der Waals surface area contributed by atoms with Crippen LogP contribution in [0.15, 0.2) is 41.0 Å². The predicted octanol–water partition coefficient (Wildman–Crippen LogP) is 1.45. The van der Waals surface area contributed by atoms with Crippen molar-refractivity contribution >= 4 is 17.7 Å². The monoisotopic (exact) mass is 366 g/mol. The summed E-state index contributed by atoms with van der Waals surface area (Å²) in [7, 11) is 0. The molecule has 3 aliphatic rings. The normalized spacial score (nSPS) is 25.0. The zero-order chi connectivity index (χ0) is 18.5. The number of hydrogen-bond donors (Lipinski definition) is 1. The number of likely N-dealkylation sites (tertiary alicyclic amines) is 2. The molecule has 0 unspecified atom stereocenters. The zero-order valence-corrected chi connectivity index (χ0v) is 14.5. The maximum absolute atomic E-state index is 12.6. The highest BCUT2D eigenvalue weighted by Gasteiger charge is 2.52. The van der Waals surface area contributed by atoms with Gasteiger partial charge < -0.3 is 9.32 Å². The van der Waals surface area contributed by atoms with Crippen molar-refractivity contribution in [2.45, 2.75) is 18.9 Å². The summed E-state index contributed by atoms with van der Waals surface area (Å²) in [4.78, 5) is 40.8. The molecule has 1 N–H and O–H groups in total. The molecule has 2 aromatic rings. The molecule has 4 heterocycles. The van der Waals surface area contributed by atoms with E-state index in [0.717, 1.165) is 0 Å². The fourth-order valence-electron chi connectivity index (χ4n) is 4.12. The van der Waals surface area contributed by atoms with Gasteiger partial charge >= 0.3 is 0 Å². The standard InChI is InChI=1S/C19H18N4O4/c24-17-12-4-1-2-5-13(12)18(25)23(17)11-9-22(10-11)19(26)15-8-14(20-21-15)16-6-3-7-27-16/h1-3,6-8,11-13H,4-5,9-10H2,(H,20,21)/t12-,13+. The topological polar surface area (TPSA) is 99.5 Å². The number of imide groups is 1. The van der Waals surface area contributed by atoms with E-state index < -0.39 is 0 Å². The molecular formula is C19H18N4O4. The Hall–Kier alpha value is -3.16. The lowest BCUT2D eigenvalue weighted by molar-refractivity contribution is -0.145. The quantitative estimate of drug-likeness (QED) is 0.655. The molecule has 8 nitrogen and oxygen atoms in total. The number of furan rings is 1. The summed E-state index contributed by atoms with van der Waals surface area (Å²) >= 11 is 0. The highest BCUT2D eigenvalue weighted by atomic mass is 16.3. The highest BCUT2D eigenvalue weighted by molar-refractivity contribution is 6.06. The van der Waals surface area contributed by atoms with Crippen LogP contribution in [-0.4, -0.2) is 56.9 Å². The molecule has 0 radical (unpaired) electrons. The molecule has 5 rings (SSSR count). The van der Waals surface area contributed by atoms with Gasteiger partial charge in [0.05, 0.1) is 24.1 Å². The van der Waals surface area contributed by atoms with Gasteiger partial charge in [-0.05, 0) is 25.0 Å². The van der Waals surface area contributed by atoms with Gasteiger partial charge in [0.25, 0.3) is 5.91 Å². The van der Waals surface area contributed by atoms with E-state index in [0.29, 0.717) is 37.4 Å². The van der Waals surface area contributed by atoms with E-state index in [1.54, 1.807) is 29.4 Å². The van der Waals surface area contributed by atoms with Gasteiger partial charge in [-0.2, -0.15) is 5.10 Å². The zero-order valence-electron chi connectivity index (χ0n) is 14.5. The Bertz CT molecular complexity index is 913. The number of allylic oxidation sites excluding steroid dienone is 2. The lowest BCUT2D eigenvalue weighted by Crippen LogP contribution is -2.62. The van der Waals surface area contributed by atoms with E-state index in [1.165, 1.54) is 4.90 Å². The van der Waals surface area contributed by atoms with Crippen LogP contribution >= 0.6 is 0 Å². The lowest BCUT2D eigenvalue weighted by Gasteiger charge is -2.42. The predicted molar refractivity (Wildman–Crippen MR) is 93.2 cm³/mol. The van der Waals surface area contributed by atoms with E-state index in [1.807, 2.05) is 12.2 Å². The molecule has 2 aromatic heterocycles. The lowest BCUT2D eigenvalue weighted by atomic mass is 9.85. The van der Waals surface area contributed by atoms with Crippen LogP contribution in [0.1, 0.15) is 23.3 Å². The molecule has 0 spiro atoms. The number of nitrogens with zero attached hydrogens (tertiary/aromatic N) is 3. The Morgan fingerprint density at radius 2 is 1.85 bits per heavy atom. The molecule has 1 aliphatic carbocycles. The molecule has 8 heteroatoms. The Morgan fingerprint density at radius 3 is 2.48 bits per heavy atom. The Balaban J connectivity index is 1.25. The fourth-order valence-corrected chi connectivity index (χ4v) is 4.12. The molecule has 2 aliphatic heterocycles. The average Bonchev–Trinajstić information content (AvgIpc) is 3.37. The summed E-state index contributed by atoms with van der Waals surface area (Å²) in [5.74, 6) is -0.257. The Kier molecular flexibility index (Phi) is 3.53. The minimum absolute atomic E-state index is 0.0914. The smallest absolute Gasteiger partial charge is 0.274 e. The second kappa shape index (κ2) is 5.94. The number of fused-ring (bicyclic) bond motifs is 1. The molecule has 0 aromatic carbocycles. The molecule has 0 bridgehead atoms. The number of carbonyl (C=O) groups is 3. The third-order valence-electron chi connectivity index (χ3n) is 5.64. The van der Waals surface area contributed by atoms with Crippen molar-refractivity contribution in [2.75, 3.05) is 13.1 Å². The van der Waals surface area contributed by atoms with Crippen molar-refractivity contribution < 1.29 is 18.8 Å². The molecule has 138 valence electrons. The van der Waals surface area contributed by atoms with Crippen molar-refractivity contribution in [3.8, 4) is 11.5 Å². The summed E-state index contributed by atoms with van der Waals surface area (Å²) in [6.07, 6.45) is 6.75. The van der Waals surface area contributed by atoms with E-state index in [4.69, 9.17) is 4.42 Å². The van der Waals surface area contributed by atoms with Crippen molar-refractivity contribution in [3.63, 3.8) is 0 Å². The van der Waals surface area contributed by atoms with Gasteiger partial charge in [0.15, 0.2) is 11.5 Å².